The highest BCUT2D eigenvalue weighted by Gasteiger charge is 2.11. The molecular weight excluding hydrogens is 288 g/mol. The number of hydrogen-bond acceptors (Lipinski definition) is 2. The van der Waals surface area contributed by atoms with Crippen molar-refractivity contribution >= 4 is 21.6 Å². The van der Waals surface area contributed by atoms with Crippen molar-refractivity contribution in [2.24, 2.45) is 0 Å². The molecule has 0 spiro atoms. The van der Waals surface area contributed by atoms with Crippen LogP contribution >= 0.6 is 15.9 Å². The van der Waals surface area contributed by atoms with E-state index < -0.39 is 0 Å². The number of nitrogens with one attached hydrogen (secondary N) is 1. The van der Waals surface area contributed by atoms with Crippen molar-refractivity contribution in [1.82, 2.24) is 5.32 Å². The Morgan fingerprint density at radius 2 is 1.89 bits per heavy atom. The minimum Gasteiger partial charge on any atom is -0.368 e. The fourth-order valence-electron chi connectivity index (χ4n) is 2.03. The van der Waals surface area contributed by atoms with Crippen LogP contribution in [0.2, 0.25) is 0 Å². The van der Waals surface area contributed by atoms with E-state index in [1.807, 2.05) is 0 Å². The average molecular weight is 313 g/mol. The minimum atomic E-state index is 0.519. The molecule has 0 unspecified atom stereocenters. The van der Waals surface area contributed by atoms with Gasteiger partial charge >= 0.3 is 0 Å². The Balaban J connectivity index is 2.85. The number of hydrogen-bond donors (Lipinski definition) is 1. The molecule has 0 atom stereocenters. The molecular formula is C15H25BrN2. The van der Waals surface area contributed by atoms with E-state index in [1.54, 1.807) is 0 Å². The van der Waals surface area contributed by atoms with Crippen LogP contribution in [0.3, 0.4) is 0 Å². The summed E-state index contributed by atoms with van der Waals surface area (Å²) in [7, 11) is 0. The molecule has 18 heavy (non-hydrogen) atoms. The van der Waals surface area contributed by atoms with Gasteiger partial charge in [0.2, 0.25) is 0 Å². The third-order valence-electron chi connectivity index (χ3n) is 3.00. The third-order valence-corrected chi connectivity index (χ3v) is 3.64. The molecule has 0 saturated heterocycles. The van der Waals surface area contributed by atoms with Crippen molar-refractivity contribution in [1.29, 1.82) is 0 Å². The van der Waals surface area contributed by atoms with Crippen LogP contribution in [0.15, 0.2) is 22.7 Å². The van der Waals surface area contributed by atoms with Crippen molar-refractivity contribution in [3.63, 3.8) is 0 Å². The van der Waals surface area contributed by atoms with E-state index in [0.717, 1.165) is 13.1 Å². The number of rotatable bonds is 6. The van der Waals surface area contributed by atoms with E-state index in [2.05, 4.69) is 79.0 Å². The minimum absolute atomic E-state index is 0.519. The van der Waals surface area contributed by atoms with E-state index >= 15 is 0 Å². The monoisotopic (exact) mass is 312 g/mol. The number of anilines is 1. The van der Waals surface area contributed by atoms with E-state index in [0.29, 0.717) is 12.1 Å². The molecule has 0 fully saturated rings. The van der Waals surface area contributed by atoms with Crippen molar-refractivity contribution in [2.75, 3.05) is 11.4 Å². The SMILES string of the molecule is CCN(c1ccc(CNC(C)C)cc1Br)C(C)C. The average Bonchev–Trinajstić information content (AvgIpc) is 2.29. The van der Waals surface area contributed by atoms with E-state index in [1.165, 1.54) is 15.7 Å². The molecule has 0 saturated carbocycles. The van der Waals surface area contributed by atoms with Gasteiger partial charge < -0.3 is 10.2 Å². The second-order valence-corrected chi connectivity index (χ2v) is 6.06. The summed E-state index contributed by atoms with van der Waals surface area (Å²) in [5.41, 5.74) is 2.60. The Morgan fingerprint density at radius 3 is 2.33 bits per heavy atom. The fraction of sp³-hybridized carbons (Fsp3) is 0.600. The van der Waals surface area contributed by atoms with Gasteiger partial charge in [-0.25, -0.2) is 0 Å². The van der Waals surface area contributed by atoms with Crippen LogP contribution in [0, 0.1) is 0 Å². The lowest BCUT2D eigenvalue weighted by molar-refractivity contribution is 0.588. The highest BCUT2D eigenvalue weighted by atomic mass is 79.9. The van der Waals surface area contributed by atoms with E-state index in [-0.39, 0.29) is 0 Å². The number of nitrogens with zero attached hydrogens (tertiary/aromatic N) is 1. The van der Waals surface area contributed by atoms with Crippen molar-refractivity contribution < 1.29 is 0 Å². The van der Waals surface area contributed by atoms with Gasteiger partial charge in [-0.1, -0.05) is 19.9 Å². The molecule has 0 aliphatic heterocycles. The Labute approximate surface area is 120 Å². The lowest BCUT2D eigenvalue weighted by atomic mass is 10.1. The van der Waals surface area contributed by atoms with Gasteiger partial charge in [0, 0.05) is 29.6 Å². The van der Waals surface area contributed by atoms with Gasteiger partial charge in [0.05, 0.1) is 5.69 Å². The zero-order valence-corrected chi connectivity index (χ0v) is 13.7. The van der Waals surface area contributed by atoms with E-state index in [4.69, 9.17) is 0 Å². The maximum Gasteiger partial charge on any atom is 0.0513 e. The first-order valence-electron chi connectivity index (χ1n) is 6.74. The lowest BCUT2D eigenvalue weighted by Gasteiger charge is -2.28. The van der Waals surface area contributed by atoms with Crippen LogP contribution in [-0.4, -0.2) is 18.6 Å². The Morgan fingerprint density at radius 1 is 1.22 bits per heavy atom. The second kappa shape index (κ2) is 7.15. The molecule has 1 aromatic rings. The van der Waals surface area contributed by atoms with Crippen LogP contribution in [0.1, 0.15) is 40.2 Å². The summed E-state index contributed by atoms with van der Waals surface area (Å²) in [5, 5.41) is 3.44. The second-order valence-electron chi connectivity index (χ2n) is 5.20. The maximum atomic E-state index is 3.69. The summed E-state index contributed by atoms with van der Waals surface area (Å²) in [5.74, 6) is 0. The standard InChI is InChI=1S/C15H25BrN2/c1-6-18(12(4)5)15-8-7-13(9-14(15)16)10-17-11(2)3/h7-9,11-12,17H,6,10H2,1-5H3. The molecule has 1 N–H and O–H groups in total. The van der Waals surface area contributed by atoms with Gasteiger partial charge in [-0.3, -0.25) is 0 Å². The molecule has 0 aromatic heterocycles. The maximum absolute atomic E-state index is 3.69. The summed E-state index contributed by atoms with van der Waals surface area (Å²) in [6.07, 6.45) is 0. The van der Waals surface area contributed by atoms with Crippen LogP contribution in [-0.2, 0) is 6.54 Å². The van der Waals surface area contributed by atoms with Gasteiger partial charge in [-0.15, -0.1) is 0 Å². The fourth-order valence-corrected chi connectivity index (χ4v) is 2.68. The van der Waals surface area contributed by atoms with Crippen LogP contribution in [0.4, 0.5) is 5.69 Å². The van der Waals surface area contributed by atoms with Crippen LogP contribution in [0.5, 0.6) is 0 Å². The Bertz CT molecular complexity index is 375. The first kappa shape index (κ1) is 15.5. The lowest BCUT2D eigenvalue weighted by Crippen LogP contribution is -2.30. The highest BCUT2D eigenvalue weighted by Crippen LogP contribution is 2.28. The molecule has 0 radical (unpaired) electrons. The predicted molar refractivity (Wildman–Crippen MR) is 84.3 cm³/mol. The summed E-state index contributed by atoms with van der Waals surface area (Å²) in [4.78, 5) is 2.39. The first-order chi connectivity index (χ1) is 8.45. The quantitative estimate of drug-likeness (QED) is 0.847. The molecule has 0 aliphatic rings. The van der Waals surface area contributed by atoms with Crippen LogP contribution in [0.25, 0.3) is 0 Å². The molecule has 2 nitrogen and oxygen atoms in total. The zero-order valence-electron chi connectivity index (χ0n) is 12.1. The highest BCUT2D eigenvalue weighted by molar-refractivity contribution is 9.10. The molecule has 0 aliphatic carbocycles. The Hall–Kier alpha value is -0.540. The largest absolute Gasteiger partial charge is 0.368 e. The van der Waals surface area contributed by atoms with Gasteiger partial charge in [0.1, 0.15) is 0 Å². The number of halogens is 1. The molecule has 3 heteroatoms. The predicted octanol–water partition coefficient (Wildman–Crippen LogP) is 4.18. The molecule has 102 valence electrons. The normalized spacial score (nSPS) is 11.3. The first-order valence-corrected chi connectivity index (χ1v) is 7.53. The van der Waals surface area contributed by atoms with Gasteiger partial charge in [-0.2, -0.15) is 0 Å². The van der Waals surface area contributed by atoms with Gasteiger partial charge in [0.25, 0.3) is 0 Å². The number of benzene rings is 1. The summed E-state index contributed by atoms with van der Waals surface area (Å²) in [6, 6.07) is 7.68. The molecule has 0 amide bonds. The van der Waals surface area contributed by atoms with Crippen molar-refractivity contribution in [3.8, 4) is 0 Å². The smallest absolute Gasteiger partial charge is 0.0513 e. The third kappa shape index (κ3) is 4.29. The van der Waals surface area contributed by atoms with Gasteiger partial charge in [-0.05, 0) is 54.4 Å². The summed E-state index contributed by atoms with van der Waals surface area (Å²) < 4.78 is 1.18. The molecule has 0 heterocycles. The molecule has 1 aromatic carbocycles. The van der Waals surface area contributed by atoms with E-state index in [9.17, 15) is 0 Å². The Kier molecular flexibility index (Phi) is 6.16. The summed E-state index contributed by atoms with van der Waals surface area (Å²) in [6.45, 7) is 12.9. The van der Waals surface area contributed by atoms with Crippen LogP contribution < -0.4 is 10.2 Å². The zero-order chi connectivity index (χ0) is 13.7. The van der Waals surface area contributed by atoms with Gasteiger partial charge in [0.15, 0.2) is 0 Å². The summed E-state index contributed by atoms with van der Waals surface area (Å²) >= 11 is 3.69. The molecule has 0 bridgehead atoms. The molecule has 1 rings (SSSR count). The van der Waals surface area contributed by atoms with Crippen molar-refractivity contribution in [2.45, 2.75) is 53.2 Å². The van der Waals surface area contributed by atoms with Crippen molar-refractivity contribution in [3.05, 3.63) is 28.2 Å². The topological polar surface area (TPSA) is 15.3 Å².